The Balaban J connectivity index is 2.90. The van der Waals surface area contributed by atoms with Crippen LogP contribution in [0.5, 0.6) is 0 Å². The third kappa shape index (κ3) is 4.47. The fraction of sp³-hybridized carbons (Fsp3) is 0.455. The van der Waals surface area contributed by atoms with Crippen LogP contribution in [0.25, 0.3) is 0 Å². The molecule has 1 heterocycles. The number of amides is 1. The summed E-state index contributed by atoms with van der Waals surface area (Å²) in [7, 11) is -0.139. The fourth-order valence-corrected chi connectivity index (χ4v) is 2.02. The van der Waals surface area contributed by atoms with Gasteiger partial charge in [-0.25, -0.2) is 17.8 Å². The fourth-order valence-electron chi connectivity index (χ4n) is 1.41. The molecule has 6 nitrogen and oxygen atoms in total. The van der Waals surface area contributed by atoms with Gasteiger partial charge in [-0.3, -0.25) is 4.79 Å². The molecule has 0 unspecified atom stereocenters. The molecule has 8 heteroatoms. The number of anilines is 1. The molecular weight excluding hydrogens is 273 g/mol. The molecule has 0 saturated carbocycles. The number of nitrogens with zero attached hydrogens (tertiary/aromatic N) is 2. The van der Waals surface area contributed by atoms with Crippen LogP contribution in [-0.4, -0.2) is 56.9 Å². The zero-order chi connectivity index (χ0) is 14.6. The number of halogens is 1. The van der Waals surface area contributed by atoms with E-state index in [4.69, 9.17) is 0 Å². The van der Waals surface area contributed by atoms with Crippen LogP contribution in [0.2, 0.25) is 0 Å². The van der Waals surface area contributed by atoms with Crippen LogP contribution in [0.1, 0.15) is 10.4 Å². The van der Waals surface area contributed by atoms with Gasteiger partial charge < -0.3 is 10.2 Å². The van der Waals surface area contributed by atoms with Gasteiger partial charge in [0.2, 0.25) is 0 Å². The first-order valence-electron chi connectivity index (χ1n) is 5.51. The molecule has 1 amide bonds. The van der Waals surface area contributed by atoms with Gasteiger partial charge in [0, 0.05) is 26.9 Å². The number of rotatable bonds is 5. The molecule has 1 aromatic rings. The molecule has 0 radical (unpaired) electrons. The van der Waals surface area contributed by atoms with E-state index in [0.717, 1.165) is 18.5 Å². The Kier molecular flexibility index (Phi) is 4.82. The van der Waals surface area contributed by atoms with Gasteiger partial charge in [0.15, 0.2) is 0 Å². The average Bonchev–Trinajstić information content (AvgIpc) is 2.34. The van der Waals surface area contributed by atoms with E-state index in [1.54, 1.807) is 7.05 Å². The average molecular weight is 289 g/mol. The zero-order valence-electron chi connectivity index (χ0n) is 11.0. The van der Waals surface area contributed by atoms with E-state index in [-0.39, 0.29) is 23.7 Å². The summed E-state index contributed by atoms with van der Waals surface area (Å²) in [6.45, 7) is 0.0390. The maximum Gasteiger partial charge on any atom is 0.257 e. The normalized spacial score (nSPS) is 11.2. The summed E-state index contributed by atoms with van der Waals surface area (Å²) in [6, 6.07) is 1.07. The minimum Gasteiger partial charge on any atom is -0.372 e. The first-order chi connectivity index (χ1) is 8.74. The maximum absolute atomic E-state index is 13.1. The molecule has 0 atom stereocenters. The molecule has 0 fully saturated rings. The van der Waals surface area contributed by atoms with E-state index >= 15 is 0 Å². The molecule has 0 spiro atoms. The predicted octanol–water partition coefficient (Wildman–Crippen LogP) is 0.379. The molecule has 19 heavy (non-hydrogen) atoms. The highest BCUT2D eigenvalue weighted by Crippen LogP contribution is 2.15. The van der Waals surface area contributed by atoms with E-state index in [0.29, 0.717) is 0 Å². The largest absolute Gasteiger partial charge is 0.372 e. The van der Waals surface area contributed by atoms with E-state index < -0.39 is 21.6 Å². The van der Waals surface area contributed by atoms with E-state index in [9.17, 15) is 17.6 Å². The van der Waals surface area contributed by atoms with Gasteiger partial charge >= 0.3 is 0 Å². The lowest BCUT2D eigenvalue weighted by Crippen LogP contribution is -2.32. The molecule has 106 valence electrons. The van der Waals surface area contributed by atoms with Crippen LogP contribution in [0, 0.1) is 5.82 Å². The van der Waals surface area contributed by atoms with Crippen LogP contribution in [0.15, 0.2) is 12.3 Å². The lowest BCUT2D eigenvalue weighted by molar-refractivity contribution is 0.0803. The highest BCUT2D eigenvalue weighted by atomic mass is 32.2. The van der Waals surface area contributed by atoms with Crippen molar-refractivity contribution in [3.8, 4) is 0 Å². The van der Waals surface area contributed by atoms with Crippen molar-refractivity contribution in [1.29, 1.82) is 0 Å². The van der Waals surface area contributed by atoms with Crippen molar-refractivity contribution < 1.29 is 17.6 Å². The second-order valence-electron chi connectivity index (χ2n) is 4.16. The third-order valence-electron chi connectivity index (χ3n) is 2.47. The minimum absolute atomic E-state index is 0.0390. The summed E-state index contributed by atoms with van der Waals surface area (Å²) in [5, 5.41) is 2.69. The van der Waals surface area contributed by atoms with Gasteiger partial charge in [0.05, 0.1) is 17.5 Å². The Morgan fingerprint density at radius 1 is 1.53 bits per heavy atom. The Hall–Kier alpha value is -1.70. The molecule has 1 aromatic heterocycles. The number of hydrogen-bond donors (Lipinski definition) is 1. The number of sulfone groups is 1. The van der Waals surface area contributed by atoms with Crippen molar-refractivity contribution in [2.45, 2.75) is 0 Å². The predicted molar refractivity (Wildman–Crippen MR) is 70.4 cm³/mol. The SMILES string of the molecule is CNc1ncc(F)cc1C(=O)N(C)CCS(C)(=O)=O. The molecule has 1 rings (SSSR count). The number of nitrogens with one attached hydrogen (secondary N) is 1. The molecule has 0 aromatic carbocycles. The van der Waals surface area contributed by atoms with Gasteiger partial charge in [-0.1, -0.05) is 0 Å². The molecule has 0 aliphatic heterocycles. The molecule has 0 bridgehead atoms. The number of aromatic nitrogens is 1. The summed E-state index contributed by atoms with van der Waals surface area (Å²) >= 11 is 0. The summed E-state index contributed by atoms with van der Waals surface area (Å²) < 4.78 is 35.2. The van der Waals surface area contributed by atoms with Crippen LogP contribution in [0.4, 0.5) is 10.2 Å². The standard InChI is InChI=1S/C11H16FN3O3S/c1-13-10-9(6-8(12)7-14-10)11(16)15(2)4-5-19(3,17)18/h6-7H,4-5H2,1-3H3,(H,13,14). The monoisotopic (exact) mass is 289 g/mol. The summed E-state index contributed by atoms with van der Waals surface area (Å²) in [4.78, 5) is 17.1. The van der Waals surface area contributed by atoms with Gasteiger partial charge in [-0.2, -0.15) is 0 Å². The van der Waals surface area contributed by atoms with E-state index in [1.165, 1.54) is 11.9 Å². The molecular formula is C11H16FN3O3S. The second kappa shape index (κ2) is 5.96. The molecule has 0 aliphatic carbocycles. The van der Waals surface area contributed by atoms with Crippen molar-refractivity contribution in [1.82, 2.24) is 9.88 Å². The van der Waals surface area contributed by atoms with Gasteiger partial charge in [-0.15, -0.1) is 0 Å². The summed E-state index contributed by atoms with van der Waals surface area (Å²) in [6.07, 6.45) is 2.09. The highest BCUT2D eigenvalue weighted by molar-refractivity contribution is 7.90. The van der Waals surface area contributed by atoms with Crippen molar-refractivity contribution in [2.24, 2.45) is 0 Å². The maximum atomic E-state index is 13.1. The van der Waals surface area contributed by atoms with Gasteiger partial charge in [-0.05, 0) is 6.07 Å². The van der Waals surface area contributed by atoms with Gasteiger partial charge in [0.1, 0.15) is 21.5 Å². The number of carbonyl (C=O) groups is 1. The molecule has 0 saturated heterocycles. The van der Waals surface area contributed by atoms with E-state index in [1.807, 2.05) is 0 Å². The van der Waals surface area contributed by atoms with Crippen LogP contribution >= 0.6 is 0 Å². The zero-order valence-corrected chi connectivity index (χ0v) is 11.8. The quantitative estimate of drug-likeness (QED) is 0.847. The Bertz CT molecular complexity index is 575. The minimum atomic E-state index is -3.16. The van der Waals surface area contributed by atoms with Crippen LogP contribution in [-0.2, 0) is 9.84 Å². The van der Waals surface area contributed by atoms with Crippen molar-refractivity contribution in [2.75, 3.05) is 38.0 Å². The lowest BCUT2D eigenvalue weighted by Gasteiger charge is -2.18. The second-order valence-corrected chi connectivity index (χ2v) is 6.42. The van der Waals surface area contributed by atoms with Crippen molar-refractivity contribution in [3.63, 3.8) is 0 Å². The number of pyridine rings is 1. The van der Waals surface area contributed by atoms with Crippen molar-refractivity contribution >= 4 is 21.6 Å². The van der Waals surface area contributed by atoms with Crippen molar-refractivity contribution in [3.05, 3.63) is 23.6 Å². The molecule has 1 N–H and O–H groups in total. The van der Waals surface area contributed by atoms with Crippen LogP contribution < -0.4 is 5.32 Å². The third-order valence-corrected chi connectivity index (χ3v) is 3.39. The Morgan fingerprint density at radius 2 is 2.16 bits per heavy atom. The van der Waals surface area contributed by atoms with E-state index in [2.05, 4.69) is 10.3 Å². The Labute approximate surface area is 111 Å². The molecule has 0 aliphatic rings. The summed E-state index contributed by atoms with van der Waals surface area (Å²) in [5.41, 5.74) is 0.0681. The van der Waals surface area contributed by atoms with Crippen LogP contribution in [0.3, 0.4) is 0 Å². The topological polar surface area (TPSA) is 79.4 Å². The number of hydrogen-bond acceptors (Lipinski definition) is 5. The lowest BCUT2D eigenvalue weighted by atomic mass is 10.2. The van der Waals surface area contributed by atoms with Gasteiger partial charge in [0.25, 0.3) is 5.91 Å². The first kappa shape index (κ1) is 15.4. The Morgan fingerprint density at radius 3 is 2.68 bits per heavy atom. The number of carbonyl (C=O) groups excluding carboxylic acids is 1. The highest BCUT2D eigenvalue weighted by Gasteiger charge is 2.18. The first-order valence-corrected chi connectivity index (χ1v) is 7.57. The summed E-state index contributed by atoms with van der Waals surface area (Å²) in [5.74, 6) is -1.01. The smallest absolute Gasteiger partial charge is 0.257 e.